The number of unbranched alkanes of at least 4 members (excludes halogenated alkanes) is 16. The summed E-state index contributed by atoms with van der Waals surface area (Å²) in [5.74, 6) is 0.550. The second kappa shape index (κ2) is 22.5. The van der Waals surface area contributed by atoms with Crippen molar-refractivity contribution >= 4 is 11.6 Å². The van der Waals surface area contributed by atoms with Crippen LogP contribution in [0.5, 0.6) is 0 Å². The molecule has 0 saturated heterocycles. The van der Waals surface area contributed by atoms with Crippen molar-refractivity contribution in [1.29, 1.82) is 0 Å². The molecule has 0 unspecified atom stereocenters. The summed E-state index contributed by atoms with van der Waals surface area (Å²) in [5.41, 5.74) is 4.20. The predicted molar refractivity (Wildman–Crippen MR) is 173 cm³/mol. The number of rotatable bonds is 25. The Balaban J connectivity index is 1.58. The number of ketones is 2. The molecule has 0 amide bonds. The molecule has 0 spiro atoms. The molecule has 2 nitrogen and oxygen atoms in total. The van der Waals surface area contributed by atoms with Gasteiger partial charge in [-0.05, 0) is 36.8 Å². The summed E-state index contributed by atoms with van der Waals surface area (Å²) in [5, 5.41) is 0. The number of carbonyl (C=O) groups is 2. The van der Waals surface area contributed by atoms with Gasteiger partial charge in [0.1, 0.15) is 0 Å². The minimum absolute atomic E-state index is 0.275. The molecule has 2 heteroatoms. The smallest absolute Gasteiger partial charge is 0.162 e. The molecule has 0 heterocycles. The number of hydrogen-bond acceptors (Lipinski definition) is 2. The molecule has 0 fully saturated rings. The van der Waals surface area contributed by atoms with E-state index in [1.54, 1.807) is 0 Å². The van der Waals surface area contributed by atoms with Gasteiger partial charge in [0.15, 0.2) is 11.6 Å². The minimum atomic E-state index is 0.275. The maximum absolute atomic E-state index is 12.6. The summed E-state index contributed by atoms with van der Waals surface area (Å²) in [6, 6.07) is 16.4. The zero-order valence-corrected chi connectivity index (χ0v) is 26.0. The Hall–Kier alpha value is -2.22. The van der Waals surface area contributed by atoms with Crippen LogP contribution in [-0.2, 0) is 12.8 Å². The fraction of sp³-hybridized carbons (Fsp3) is 0.632. The monoisotopic (exact) mass is 546 g/mol. The molecule has 0 aliphatic heterocycles. The quantitative estimate of drug-likeness (QED) is 0.0916. The predicted octanol–water partition coefficient (Wildman–Crippen LogP) is 11.7. The van der Waals surface area contributed by atoms with Crippen molar-refractivity contribution < 1.29 is 9.59 Å². The van der Waals surface area contributed by atoms with Crippen molar-refractivity contribution in [3.05, 3.63) is 70.8 Å². The molecule has 0 atom stereocenters. The van der Waals surface area contributed by atoms with Gasteiger partial charge in [-0.15, -0.1) is 0 Å². The van der Waals surface area contributed by atoms with Crippen LogP contribution < -0.4 is 0 Å². The van der Waals surface area contributed by atoms with Crippen molar-refractivity contribution in [2.75, 3.05) is 0 Å². The van der Waals surface area contributed by atoms with E-state index < -0.39 is 0 Å². The first kappa shape index (κ1) is 34.0. The standard InChI is InChI=1S/C38H58O2/c1-3-5-7-9-11-13-15-17-19-21-37(39)35-29-25-33(26-30-35)23-24-34-27-31-36(32-28-34)38(40)22-20-18-16-14-12-10-8-6-4-2/h25-32H,3-24H2,1-2H3. The maximum Gasteiger partial charge on any atom is 0.162 e. The van der Waals surface area contributed by atoms with Crippen molar-refractivity contribution in [2.24, 2.45) is 0 Å². The van der Waals surface area contributed by atoms with Gasteiger partial charge in [0.25, 0.3) is 0 Å². The van der Waals surface area contributed by atoms with E-state index in [-0.39, 0.29) is 11.6 Å². The summed E-state index contributed by atoms with van der Waals surface area (Å²) in [6.45, 7) is 4.52. The van der Waals surface area contributed by atoms with Gasteiger partial charge < -0.3 is 0 Å². The Morgan fingerprint density at radius 3 is 0.975 bits per heavy atom. The molecule has 0 saturated carbocycles. The summed E-state index contributed by atoms with van der Waals surface area (Å²) in [7, 11) is 0. The van der Waals surface area contributed by atoms with Gasteiger partial charge in [0.05, 0.1) is 0 Å². The fourth-order valence-electron chi connectivity index (χ4n) is 5.48. The Morgan fingerprint density at radius 2 is 0.675 bits per heavy atom. The third-order valence-corrected chi connectivity index (χ3v) is 8.27. The van der Waals surface area contributed by atoms with Gasteiger partial charge in [-0.25, -0.2) is 0 Å². The van der Waals surface area contributed by atoms with E-state index in [1.165, 1.54) is 114 Å². The highest BCUT2D eigenvalue weighted by Gasteiger charge is 2.08. The number of Topliss-reactive ketones (excluding diaryl/α,β-unsaturated/α-hetero) is 2. The van der Waals surface area contributed by atoms with Crippen LogP contribution in [0, 0.1) is 0 Å². The summed E-state index contributed by atoms with van der Waals surface area (Å²) in [6.07, 6.45) is 26.2. The Morgan fingerprint density at radius 1 is 0.400 bits per heavy atom. The van der Waals surface area contributed by atoms with Crippen molar-refractivity contribution in [1.82, 2.24) is 0 Å². The highest BCUT2D eigenvalue weighted by Crippen LogP contribution is 2.16. The number of hydrogen-bond donors (Lipinski definition) is 0. The second-order valence-corrected chi connectivity index (χ2v) is 11.9. The molecule has 0 N–H and O–H groups in total. The fourth-order valence-corrected chi connectivity index (χ4v) is 5.48. The van der Waals surface area contributed by atoms with E-state index in [4.69, 9.17) is 0 Å². The molecule has 2 rings (SSSR count). The first-order valence-electron chi connectivity index (χ1n) is 16.9. The molecule has 0 aliphatic rings. The number of benzene rings is 2. The third kappa shape index (κ3) is 15.5. The van der Waals surface area contributed by atoms with Crippen LogP contribution in [0.15, 0.2) is 48.5 Å². The number of carbonyl (C=O) groups excluding carboxylic acids is 2. The van der Waals surface area contributed by atoms with Gasteiger partial charge in [0, 0.05) is 24.0 Å². The SMILES string of the molecule is CCCCCCCCCCCC(=O)c1ccc(CCc2ccc(C(=O)CCCCCCCCCCC)cc2)cc1. The molecule has 40 heavy (non-hydrogen) atoms. The molecule has 2 aromatic rings. The molecule has 0 bridgehead atoms. The summed E-state index contributed by atoms with van der Waals surface area (Å²) in [4.78, 5) is 25.1. The maximum atomic E-state index is 12.6. The van der Waals surface area contributed by atoms with Crippen LogP contribution in [0.25, 0.3) is 0 Å². The van der Waals surface area contributed by atoms with Gasteiger partial charge >= 0.3 is 0 Å². The Kier molecular flexibility index (Phi) is 19.1. The van der Waals surface area contributed by atoms with Crippen LogP contribution in [0.1, 0.15) is 174 Å². The van der Waals surface area contributed by atoms with Crippen LogP contribution in [0.3, 0.4) is 0 Å². The van der Waals surface area contributed by atoms with Crippen LogP contribution in [0.2, 0.25) is 0 Å². The topological polar surface area (TPSA) is 34.1 Å². The second-order valence-electron chi connectivity index (χ2n) is 11.9. The highest BCUT2D eigenvalue weighted by molar-refractivity contribution is 5.96. The van der Waals surface area contributed by atoms with E-state index >= 15 is 0 Å². The highest BCUT2D eigenvalue weighted by atomic mass is 16.1. The van der Waals surface area contributed by atoms with Gasteiger partial charge in [0.2, 0.25) is 0 Å². The molecule has 0 radical (unpaired) electrons. The molecule has 2 aromatic carbocycles. The lowest BCUT2D eigenvalue weighted by molar-refractivity contribution is 0.0971. The van der Waals surface area contributed by atoms with E-state index in [1.807, 2.05) is 24.3 Å². The van der Waals surface area contributed by atoms with Crippen molar-refractivity contribution in [3.8, 4) is 0 Å². The summed E-state index contributed by atoms with van der Waals surface area (Å²) < 4.78 is 0. The lowest BCUT2D eigenvalue weighted by atomic mass is 9.98. The Bertz CT molecular complexity index is 832. The third-order valence-electron chi connectivity index (χ3n) is 8.27. The van der Waals surface area contributed by atoms with E-state index in [9.17, 15) is 9.59 Å². The average molecular weight is 547 g/mol. The molecule has 0 aromatic heterocycles. The molecule has 0 aliphatic carbocycles. The van der Waals surface area contributed by atoms with Gasteiger partial charge in [-0.1, -0.05) is 165 Å². The lowest BCUT2D eigenvalue weighted by Gasteiger charge is -2.06. The largest absolute Gasteiger partial charge is 0.294 e. The normalized spacial score (nSPS) is 11.2. The van der Waals surface area contributed by atoms with E-state index in [0.29, 0.717) is 12.8 Å². The molecular weight excluding hydrogens is 488 g/mol. The van der Waals surface area contributed by atoms with Crippen LogP contribution in [0.4, 0.5) is 0 Å². The summed E-state index contributed by atoms with van der Waals surface area (Å²) >= 11 is 0. The lowest BCUT2D eigenvalue weighted by Crippen LogP contribution is -2.01. The first-order chi connectivity index (χ1) is 19.6. The van der Waals surface area contributed by atoms with Crippen molar-refractivity contribution in [3.63, 3.8) is 0 Å². The van der Waals surface area contributed by atoms with E-state index in [2.05, 4.69) is 38.1 Å². The molecule has 222 valence electrons. The van der Waals surface area contributed by atoms with Crippen molar-refractivity contribution in [2.45, 2.75) is 155 Å². The van der Waals surface area contributed by atoms with Gasteiger partial charge in [-0.2, -0.15) is 0 Å². The first-order valence-corrected chi connectivity index (χ1v) is 16.9. The molecular formula is C38H58O2. The zero-order valence-electron chi connectivity index (χ0n) is 26.0. The van der Waals surface area contributed by atoms with Crippen LogP contribution in [-0.4, -0.2) is 11.6 Å². The minimum Gasteiger partial charge on any atom is -0.294 e. The van der Waals surface area contributed by atoms with E-state index in [0.717, 1.165) is 36.8 Å². The average Bonchev–Trinajstić information content (AvgIpc) is 2.98. The van der Waals surface area contributed by atoms with Crippen LogP contribution >= 0.6 is 0 Å². The van der Waals surface area contributed by atoms with Gasteiger partial charge in [-0.3, -0.25) is 9.59 Å². The Labute approximate surface area is 246 Å². The zero-order chi connectivity index (χ0) is 28.7. The number of aryl methyl sites for hydroxylation is 2.